The fraction of sp³-hybridized carbons (Fsp3) is 0.0909. The van der Waals surface area contributed by atoms with E-state index in [9.17, 15) is 17.6 Å². The van der Waals surface area contributed by atoms with Gasteiger partial charge in [-0.15, -0.1) is 0 Å². The molecule has 0 aliphatic heterocycles. The van der Waals surface area contributed by atoms with Gasteiger partial charge in [0, 0.05) is 11.1 Å². The quantitative estimate of drug-likeness (QED) is 0.876. The first-order valence-corrected chi connectivity index (χ1v) is 7.64. The summed E-state index contributed by atoms with van der Waals surface area (Å²) in [6.45, 7) is -0.0969. The van der Waals surface area contributed by atoms with Gasteiger partial charge in [0.25, 0.3) is 0 Å². The van der Waals surface area contributed by atoms with Crippen molar-refractivity contribution in [2.75, 3.05) is 0 Å². The van der Waals surface area contributed by atoms with Crippen LogP contribution in [0.3, 0.4) is 0 Å². The standard InChI is InChI=1S/C11H8FN3O3S2/c12-10-2-1-9(3-7(10)4-13)20(17,18)14-5-8-6-19-11(16)15-8/h1-3,6,14H,5H2,(H,15,16). The second-order valence-electron chi connectivity index (χ2n) is 3.75. The summed E-state index contributed by atoms with van der Waals surface area (Å²) in [4.78, 5) is 12.9. The Morgan fingerprint density at radius 2 is 2.20 bits per heavy atom. The number of nitriles is 1. The first kappa shape index (κ1) is 14.4. The molecule has 1 aromatic heterocycles. The van der Waals surface area contributed by atoms with Gasteiger partial charge in [-0.25, -0.2) is 17.5 Å². The van der Waals surface area contributed by atoms with Crippen LogP contribution in [0.2, 0.25) is 0 Å². The number of rotatable bonds is 4. The predicted octanol–water partition coefficient (Wildman–Crippen LogP) is 0.926. The highest BCUT2D eigenvalue weighted by atomic mass is 32.2. The lowest BCUT2D eigenvalue weighted by atomic mass is 10.2. The Kier molecular flexibility index (Phi) is 3.99. The molecule has 1 aromatic carbocycles. The van der Waals surface area contributed by atoms with Gasteiger partial charge in [-0.3, -0.25) is 4.79 Å². The molecule has 0 aliphatic rings. The van der Waals surface area contributed by atoms with Crippen LogP contribution >= 0.6 is 11.3 Å². The number of H-pyrrole nitrogens is 1. The van der Waals surface area contributed by atoms with E-state index in [1.165, 1.54) is 5.38 Å². The van der Waals surface area contributed by atoms with E-state index in [1.807, 2.05) is 0 Å². The van der Waals surface area contributed by atoms with Crippen molar-refractivity contribution >= 4 is 21.4 Å². The normalized spacial score (nSPS) is 11.2. The van der Waals surface area contributed by atoms with Crippen LogP contribution in [-0.2, 0) is 16.6 Å². The van der Waals surface area contributed by atoms with Crippen molar-refractivity contribution in [2.45, 2.75) is 11.4 Å². The minimum absolute atomic E-state index is 0.0969. The van der Waals surface area contributed by atoms with Crippen LogP contribution < -0.4 is 9.60 Å². The van der Waals surface area contributed by atoms with Crippen LogP contribution in [0.5, 0.6) is 0 Å². The third-order valence-corrected chi connectivity index (χ3v) is 4.51. The van der Waals surface area contributed by atoms with Crippen molar-refractivity contribution in [3.05, 3.63) is 50.3 Å². The van der Waals surface area contributed by atoms with Gasteiger partial charge < -0.3 is 4.98 Å². The zero-order valence-corrected chi connectivity index (χ0v) is 11.5. The molecule has 2 rings (SSSR count). The lowest BCUT2D eigenvalue weighted by Crippen LogP contribution is -2.23. The molecule has 9 heteroatoms. The molecule has 0 aliphatic carbocycles. The lowest BCUT2D eigenvalue weighted by Gasteiger charge is -2.06. The van der Waals surface area contributed by atoms with E-state index in [4.69, 9.17) is 5.26 Å². The number of thiazole rings is 1. The second-order valence-corrected chi connectivity index (χ2v) is 6.36. The highest BCUT2D eigenvalue weighted by Crippen LogP contribution is 2.14. The van der Waals surface area contributed by atoms with E-state index < -0.39 is 15.8 Å². The van der Waals surface area contributed by atoms with Crippen LogP contribution in [0, 0.1) is 17.1 Å². The Bertz CT molecular complexity index is 833. The molecule has 0 unspecified atom stereocenters. The monoisotopic (exact) mass is 313 g/mol. The Hall–Kier alpha value is -2.02. The van der Waals surface area contributed by atoms with Gasteiger partial charge in [0.05, 0.1) is 17.0 Å². The molecule has 0 bridgehead atoms. The average molecular weight is 313 g/mol. The molecule has 2 aromatic rings. The molecule has 20 heavy (non-hydrogen) atoms. The topological polar surface area (TPSA) is 103 Å². The Morgan fingerprint density at radius 3 is 2.80 bits per heavy atom. The number of hydrogen-bond acceptors (Lipinski definition) is 5. The molecular formula is C11H8FN3O3S2. The van der Waals surface area contributed by atoms with Crippen molar-refractivity contribution in [1.82, 2.24) is 9.71 Å². The molecule has 1 heterocycles. The molecular weight excluding hydrogens is 305 g/mol. The number of halogens is 1. The molecule has 104 valence electrons. The third kappa shape index (κ3) is 3.11. The van der Waals surface area contributed by atoms with E-state index in [1.54, 1.807) is 6.07 Å². The fourth-order valence-electron chi connectivity index (χ4n) is 1.41. The average Bonchev–Trinajstić information content (AvgIpc) is 2.83. The first-order valence-electron chi connectivity index (χ1n) is 5.28. The summed E-state index contributed by atoms with van der Waals surface area (Å²) in [5.74, 6) is -0.784. The number of aromatic amines is 1. The summed E-state index contributed by atoms with van der Waals surface area (Å²) in [6, 6.07) is 4.50. The minimum atomic E-state index is -3.88. The summed E-state index contributed by atoms with van der Waals surface area (Å²) in [5, 5.41) is 10.2. The maximum absolute atomic E-state index is 13.1. The van der Waals surface area contributed by atoms with Crippen molar-refractivity contribution in [3.63, 3.8) is 0 Å². The van der Waals surface area contributed by atoms with Crippen LogP contribution in [0.25, 0.3) is 0 Å². The molecule has 0 radical (unpaired) electrons. The summed E-state index contributed by atoms with van der Waals surface area (Å²) < 4.78 is 39.3. The van der Waals surface area contributed by atoms with Gasteiger partial charge in [0.2, 0.25) is 10.0 Å². The number of nitrogens with one attached hydrogen (secondary N) is 2. The van der Waals surface area contributed by atoms with Gasteiger partial charge >= 0.3 is 4.87 Å². The number of nitrogens with zero attached hydrogens (tertiary/aromatic N) is 1. The fourth-order valence-corrected chi connectivity index (χ4v) is 3.03. The molecule has 0 saturated carbocycles. The third-order valence-electron chi connectivity index (χ3n) is 2.39. The van der Waals surface area contributed by atoms with E-state index in [0.717, 1.165) is 29.5 Å². The molecule has 2 N–H and O–H groups in total. The van der Waals surface area contributed by atoms with E-state index >= 15 is 0 Å². The second kappa shape index (κ2) is 5.54. The minimum Gasteiger partial charge on any atom is -0.315 e. The van der Waals surface area contributed by atoms with Gasteiger partial charge in [-0.1, -0.05) is 11.3 Å². The Balaban J connectivity index is 2.22. The number of aromatic nitrogens is 1. The van der Waals surface area contributed by atoms with Crippen LogP contribution in [-0.4, -0.2) is 13.4 Å². The van der Waals surface area contributed by atoms with Gasteiger partial charge in [-0.05, 0) is 18.2 Å². The van der Waals surface area contributed by atoms with Gasteiger partial charge in [0.15, 0.2) is 0 Å². The zero-order valence-electron chi connectivity index (χ0n) is 9.88. The Labute approximate surface area is 117 Å². The van der Waals surface area contributed by atoms with Crippen molar-refractivity contribution in [2.24, 2.45) is 0 Å². The van der Waals surface area contributed by atoms with Crippen LogP contribution in [0.15, 0.2) is 33.3 Å². The number of benzene rings is 1. The first-order chi connectivity index (χ1) is 9.42. The summed E-state index contributed by atoms with van der Waals surface area (Å²) in [5.41, 5.74) is 0.0722. The van der Waals surface area contributed by atoms with E-state index in [0.29, 0.717) is 5.69 Å². The smallest absolute Gasteiger partial charge is 0.304 e. The maximum atomic E-state index is 13.1. The summed E-state index contributed by atoms with van der Waals surface area (Å²) >= 11 is 0.920. The maximum Gasteiger partial charge on any atom is 0.304 e. The van der Waals surface area contributed by atoms with Crippen molar-refractivity contribution in [1.29, 1.82) is 5.26 Å². The molecule has 0 spiro atoms. The largest absolute Gasteiger partial charge is 0.315 e. The zero-order chi connectivity index (χ0) is 14.8. The van der Waals surface area contributed by atoms with Crippen LogP contribution in [0.4, 0.5) is 4.39 Å². The highest BCUT2D eigenvalue weighted by Gasteiger charge is 2.16. The van der Waals surface area contributed by atoms with Crippen molar-refractivity contribution < 1.29 is 12.8 Å². The highest BCUT2D eigenvalue weighted by molar-refractivity contribution is 7.89. The number of sulfonamides is 1. The molecule has 0 saturated heterocycles. The predicted molar refractivity (Wildman–Crippen MR) is 70.1 cm³/mol. The molecule has 0 amide bonds. The summed E-state index contributed by atoms with van der Waals surface area (Å²) in [7, 11) is -3.88. The van der Waals surface area contributed by atoms with Crippen molar-refractivity contribution in [3.8, 4) is 6.07 Å². The molecule has 0 fully saturated rings. The van der Waals surface area contributed by atoms with E-state index in [2.05, 4.69) is 9.71 Å². The van der Waals surface area contributed by atoms with Gasteiger partial charge in [-0.2, -0.15) is 5.26 Å². The van der Waals surface area contributed by atoms with Crippen LogP contribution in [0.1, 0.15) is 11.3 Å². The lowest BCUT2D eigenvalue weighted by molar-refractivity contribution is 0.579. The van der Waals surface area contributed by atoms with Gasteiger partial charge in [0.1, 0.15) is 11.9 Å². The molecule has 0 atom stereocenters. The Morgan fingerprint density at radius 1 is 1.45 bits per heavy atom. The SMILES string of the molecule is N#Cc1cc(S(=O)(=O)NCc2csc(=O)[nH]2)ccc1F. The van der Waals surface area contributed by atoms with E-state index in [-0.39, 0.29) is 21.9 Å². The molecule has 6 nitrogen and oxygen atoms in total. The number of hydrogen-bond donors (Lipinski definition) is 2. The summed E-state index contributed by atoms with van der Waals surface area (Å²) in [6.07, 6.45) is 0.